The molecule has 3 aromatic heterocycles. The number of carbonyl (C=O) groups is 2. The first-order chi connectivity index (χ1) is 21.2. The molecule has 0 unspecified atom stereocenters. The Morgan fingerprint density at radius 3 is 2.77 bits per heavy atom. The van der Waals surface area contributed by atoms with E-state index in [0.29, 0.717) is 52.9 Å². The molecule has 5 aromatic rings. The van der Waals surface area contributed by atoms with Crippen molar-refractivity contribution in [1.29, 1.82) is 0 Å². The van der Waals surface area contributed by atoms with Crippen LogP contribution in [-0.4, -0.2) is 44.1 Å². The summed E-state index contributed by atoms with van der Waals surface area (Å²) in [5.41, 5.74) is 6.64. The van der Waals surface area contributed by atoms with E-state index in [1.165, 1.54) is 4.90 Å². The Kier molecular flexibility index (Phi) is 6.98. The van der Waals surface area contributed by atoms with Gasteiger partial charge in [0.15, 0.2) is 5.83 Å². The highest BCUT2D eigenvalue weighted by atomic mass is 35.5. The number of halogens is 2. The molecule has 0 radical (unpaired) electrons. The number of nitrogens with zero attached hydrogens (tertiary/aromatic N) is 4. The predicted molar refractivity (Wildman–Crippen MR) is 169 cm³/mol. The van der Waals surface area contributed by atoms with Crippen molar-refractivity contribution in [1.82, 2.24) is 25.0 Å². The minimum absolute atomic E-state index is 0.0833. The van der Waals surface area contributed by atoms with Gasteiger partial charge in [-0.15, -0.1) is 11.3 Å². The van der Waals surface area contributed by atoms with Gasteiger partial charge in [-0.3, -0.25) is 14.3 Å². The summed E-state index contributed by atoms with van der Waals surface area (Å²) in [6, 6.07) is 15.3. The number of nitrogens with one attached hydrogen (secondary N) is 1. The van der Waals surface area contributed by atoms with Gasteiger partial charge in [0, 0.05) is 45.4 Å². The summed E-state index contributed by atoms with van der Waals surface area (Å²) >= 11 is 8.51. The molecule has 7 rings (SSSR count). The number of pyridine rings is 1. The maximum absolute atomic E-state index is 13.7. The van der Waals surface area contributed by atoms with Gasteiger partial charge in [0.05, 0.1) is 35.6 Å². The number of aromatic nitrogens is 3. The number of benzene rings is 2. The van der Waals surface area contributed by atoms with E-state index in [1.807, 2.05) is 72.4 Å². The molecule has 1 N–H and O–H groups in total. The molecular formula is C33H27ClFN5O3S. The van der Waals surface area contributed by atoms with Gasteiger partial charge in [-0.05, 0) is 61.2 Å². The van der Waals surface area contributed by atoms with E-state index in [1.54, 1.807) is 11.3 Å². The summed E-state index contributed by atoms with van der Waals surface area (Å²) in [5.74, 6) is -1.17. The number of thiophene rings is 1. The van der Waals surface area contributed by atoms with E-state index < -0.39 is 11.7 Å². The Balaban J connectivity index is 1.47. The third-order valence-corrected chi connectivity index (χ3v) is 9.07. The lowest BCUT2D eigenvalue weighted by atomic mass is 9.96. The second-order valence-corrected chi connectivity index (χ2v) is 12.4. The van der Waals surface area contributed by atoms with Crippen molar-refractivity contribution in [2.24, 2.45) is 0 Å². The molecule has 0 saturated carbocycles. The molecule has 2 aliphatic heterocycles. The largest absolute Gasteiger partial charge is 0.490 e. The molecule has 2 aliphatic rings. The van der Waals surface area contributed by atoms with Crippen LogP contribution in [0.1, 0.15) is 35.5 Å². The average molecular weight is 628 g/mol. The van der Waals surface area contributed by atoms with Crippen LogP contribution in [0.15, 0.2) is 66.3 Å². The number of hydrogen-bond donors (Lipinski definition) is 1. The maximum Gasteiger partial charge on any atom is 0.282 e. The third-order valence-electron chi connectivity index (χ3n) is 7.82. The predicted octanol–water partition coefficient (Wildman–Crippen LogP) is 7.00. The SMILES string of the molecule is C=C(F)C(=O)N1CCn2nc(-c3nc(-c4ccc5c(c4)CNC5=O)c4ccsc4c3-c3c(Cl)cccc3OC(C)C)cc2C1. The average Bonchev–Trinajstić information content (AvgIpc) is 3.74. The standard InChI is InChI=1S/C33H27ClFN5O3S/c1-17(2)43-26-6-4-5-24(34)27(26)28-30(25-14-21-16-39(33(42)18(3)35)10-11-40(21)38-25)37-29(23-9-12-44-31(23)28)19-7-8-22-20(13-19)15-36-32(22)41/h4-9,12-14,17H,3,10-11,15-16H2,1-2H3,(H,36,41). The Morgan fingerprint density at radius 1 is 1.14 bits per heavy atom. The summed E-state index contributed by atoms with van der Waals surface area (Å²) in [7, 11) is 0. The molecule has 0 atom stereocenters. The van der Waals surface area contributed by atoms with Crippen molar-refractivity contribution in [3.05, 3.63) is 88.2 Å². The highest BCUT2D eigenvalue weighted by molar-refractivity contribution is 7.18. The monoisotopic (exact) mass is 627 g/mol. The number of fused-ring (bicyclic) bond motifs is 3. The van der Waals surface area contributed by atoms with Gasteiger partial charge in [0.1, 0.15) is 17.1 Å². The van der Waals surface area contributed by atoms with Gasteiger partial charge in [0.25, 0.3) is 11.8 Å². The van der Waals surface area contributed by atoms with Crippen LogP contribution in [0.3, 0.4) is 0 Å². The molecule has 0 aliphatic carbocycles. The molecule has 0 fully saturated rings. The first-order valence-electron chi connectivity index (χ1n) is 14.2. The highest BCUT2D eigenvalue weighted by Crippen LogP contribution is 2.48. The van der Waals surface area contributed by atoms with Crippen molar-refractivity contribution < 1.29 is 18.7 Å². The molecule has 0 spiro atoms. The summed E-state index contributed by atoms with van der Waals surface area (Å²) in [5, 5.41) is 11.3. The van der Waals surface area contributed by atoms with E-state index in [2.05, 4.69) is 11.9 Å². The molecule has 2 amide bonds. The normalized spacial score (nSPS) is 14.1. The van der Waals surface area contributed by atoms with Crippen molar-refractivity contribution in [2.75, 3.05) is 6.54 Å². The van der Waals surface area contributed by atoms with Crippen molar-refractivity contribution in [2.45, 2.75) is 39.6 Å². The summed E-state index contributed by atoms with van der Waals surface area (Å²) < 4.78 is 22.7. The highest BCUT2D eigenvalue weighted by Gasteiger charge is 2.29. The second kappa shape index (κ2) is 10.9. The molecule has 2 aromatic carbocycles. The minimum atomic E-state index is -0.988. The Morgan fingerprint density at radius 2 is 1.98 bits per heavy atom. The zero-order valence-corrected chi connectivity index (χ0v) is 25.6. The van der Waals surface area contributed by atoms with Crippen LogP contribution < -0.4 is 10.1 Å². The molecular weight excluding hydrogens is 601 g/mol. The van der Waals surface area contributed by atoms with E-state index in [9.17, 15) is 14.0 Å². The molecule has 44 heavy (non-hydrogen) atoms. The fourth-order valence-corrected chi connectivity index (χ4v) is 7.08. The van der Waals surface area contributed by atoms with E-state index in [4.69, 9.17) is 26.4 Å². The molecule has 8 nitrogen and oxygen atoms in total. The number of hydrogen-bond acceptors (Lipinski definition) is 6. The summed E-state index contributed by atoms with van der Waals surface area (Å²) in [6.07, 6.45) is -0.0989. The fraction of sp³-hybridized carbons (Fsp3) is 0.212. The van der Waals surface area contributed by atoms with Crippen LogP contribution in [0, 0.1) is 0 Å². The van der Waals surface area contributed by atoms with Crippen LogP contribution >= 0.6 is 22.9 Å². The number of amides is 2. The van der Waals surface area contributed by atoms with Gasteiger partial charge in [-0.25, -0.2) is 9.37 Å². The van der Waals surface area contributed by atoms with Crippen molar-refractivity contribution in [3.8, 4) is 39.5 Å². The van der Waals surface area contributed by atoms with Crippen molar-refractivity contribution in [3.63, 3.8) is 0 Å². The molecule has 222 valence electrons. The van der Waals surface area contributed by atoms with Crippen LogP contribution in [-0.2, 0) is 24.4 Å². The quantitative estimate of drug-likeness (QED) is 0.205. The Bertz CT molecular complexity index is 2020. The molecule has 0 saturated heterocycles. The van der Waals surface area contributed by atoms with Crippen LogP contribution in [0.2, 0.25) is 5.02 Å². The van der Waals surface area contributed by atoms with Gasteiger partial charge in [-0.2, -0.15) is 5.10 Å². The van der Waals surface area contributed by atoms with Crippen LogP contribution in [0.5, 0.6) is 5.75 Å². The van der Waals surface area contributed by atoms with E-state index >= 15 is 0 Å². The fourth-order valence-electron chi connectivity index (χ4n) is 5.87. The summed E-state index contributed by atoms with van der Waals surface area (Å²) in [4.78, 5) is 31.3. The molecule has 0 bridgehead atoms. The number of ether oxygens (including phenoxy) is 1. The molecule has 11 heteroatoms. The van der Waals surface area contributed by atoms with Gasteiger partial charge in [0.2, 0.25) is 0 Å². The smallest absolute Gasteiger partial charge is 0.282 e. The lowest BCUT2D eigenvalue weighted by Gasteiger charge is -2.26. The van der Waals surface area contributed by atoms with Crippen LogP contribution in [0.25, 0.3) is 43.9 Å². The number of carbonyl (C=O) groups excluding carboxylic acids is 2. The minimum Gasteiger partial charge on any atom is -0.490 e. The third kappa shape index (κ3) is 4.74. The van der Waals surface area contributed by atoms with Gasteiger partial charge in [-0.1, -0.05) is 30.3 Å². The zero-order chi connectivity index (χ0) is 30.7. The van der Waals surface area contributed by atoms with Crippen LogP contribution in [0.4, 0.5) is 4.39 Å². The Labute approximate surface area is 261 Å². The lowest BCUT2D eigenvalue weighted by molar-refractivity contribution is -0.130. The summed E-state index contributed by atoms with van der Waals surface area (Å²) in [6.45, 7) is 8.46. The Hall–Kier alpha value is -4.54. The lowest BCUT2D eigenvalue weighted by Crippen LogP contribution is -2.38. The van der Waals surface area contributed by atoms with E-state index in [0.717, 1.165) is 38.2 Å². The maximum atomic E-state index is 13.7. The second-order valence-electron chi connectivity index (χ2n) is 11.1. The first-order valence-corrected chi connectivity index (χ1v) is 15.4. The first kappa shape index (κ1) is 28.2. The molecule has 5 heterocycles. The zero-order valence-electron chi connectivity index (χ0n) is 24.0. The number of rotatable bonds is 6. The van der Waals surface area contributed by atoms with Crippen molar-refractivity contribution >= 4 is 44.8 Å². The topological polar surface area (TPSA) is 89.4 Å². The van der Waals surface area contributed by atoms with Gasteiger partial charge < -0.3 is 15.0 Å². The van der Waals surface area contributed by atoms with E-state index in [-0.39, 0.29) is 18.6 Å². The van der Waals surface area contributed by atoms with Gasteiger partial charge >= 0.3 is 0 Å².